The number of aromatic nitrogens is 2. The van der Waals surface area contributed by atoms with Crippen LogP contribution in [0.4, 0.5) is 5.69 Å². The molecular formula is C13H13ClIN3O. The van der Waals surface area contributed by atoms with Crippen LogP contribution in [-0.2, 0) is 7.05 Å². The molecule has 0 aliphatic heterocycles. The first kappa shape index (κ1) is 14.3. The number of rotatable bonds is 2. The van der Waals surface area contributed by atoms with Gasteiger partial charge in [0.15, 0.2) is 0 Å². The molecule has 1 aromatic carbocycles. The minimum absolute atomic E-state index is 0.188. The summed E-state index contributed by atoms with van der Waals surface area (Å²) in [4.78, 5) is 12.3. The van der Waals surface area contributed by atoms with Crippen LogP contribution in [0.15, 0.2) is 18.2 Å². The van der Waals surface area contributed by atoms with Gasteiger partial charge in [0.2, 0.25) is 0 Å². The number of halogens is 2. The van der Waals surface area contributed by atoms with Crippen LogP contribution in [0.25, 0.3) is 0 Å². The Balaban J connectivity index is 2.33. The topological polar surface area (TPSA) is 46.9 Å². The summed E-state index contributed by atoms with van der Waals surface area (Å²) in [7, 11) is 1.82. The van der Waals surface area contributed by atoms with Crippen molar-refractivity contribution in [3.63, 3.8) is 0 Å². The average Bonchev–Trinajstić information content (AvgIpc) is 2.58. The van der Waals surface area contributed by atoms with Crippen LogP contribution in [0.1, 0.15) is 21.7 Å². The van der Waals surface area contributed by atoms with E-state index in [1.165, 1.54) is 0 Å². The van der Waals surface area contributed by atoms with Crippen LogP contribution in [0.2, 0.25) is 5.02 Å². The number of aryl methyl sites for hydroxylation is 2. The molecule has 0 fully saturated rings. The Kier molecular flexibility index (Phi) is 4.15. The lowest BCUT2D eigenvalue weighted by atomic mass is 10.2. The third kappa shape index (κ3) is 2.92. The number of carbonyl (C=O) groups is 1. The average molecular weight is 390 g/mol. The number of anilines is 1. The molecule has 19 heavy (non-hydrogen) atoms. The van der Waals surface area contributed by atoms with E-state index in [0.717, 1.165) is 9.26 Å². The molecule has 0 spiro atoms. The van der Waals surface area contributed by atoms with Gasteiger partial charge < -0.3 is 5.32 Å². The lowest BCUT2D eigenvalue weighted by molar-refractivity contribution is 0.102. The monoisotopic (exact) mass is 389 g/mol. The van der Waals surface area contributed by atoms with Crippen molar-refractivity contribution in [1.29, 1.82) is 0 Å². The molecule has 0 bridgehead atoms. The second-order valence-corrected chi connectivity index (χ2v) is 5.90. The Bertz CT molecular complexity index is 652. The van der Waals surface area contributed by atoms with E-state index >= 15 is 0 Å². The third-order valence-electron chi connectivity index (χ3n) is 2.91. The molecule has 1 amide bonds. The smallest absolute Gasteiger partial charge is 0.259 e. The van der Waals surface area contributed by atoms with E-state index in [9.17, 15) is 4.79 Å². The highest BCUT2D eigenvalue weighted by atomic mass is 127. The largest absolute Gasteiger partial charge is 0.320 e. The number of amides is 1. The fourth-order valence-corrected chi connectivity index (χ4v) is 2.54. The predicted octanol–water partition coefficient (Wildman–Crippen LogP) is 3.55. The van der Waals surface area contributed by atoms with Crippen molar-refractivity contribution >= 4 is 45.8 Å². The molecule has 100 valence electrons. The number of carbonyl (C=O) groups excluding carboxylic acids is 1. The van der Waals surface area contributed by atoms with E-state index in [0.29, 0.717) is 22.0 Å². The van der Waals surface area contributed by atoms with Crippen LogP contribution in [0, 0.1) is 17.4 Å². The molecule has 6 heteroatoms. The van der Waals surface area contributed by atoms with Gasteiger partial charge in [0.1, 0.15) is 0 Å². The van der Waals surface area contributed by atoms with Crippen molar-refractivity contribution in [3.8, 4) is 0 Å². The zero-order valence-corrected chi connectivity index (χ0v) is 13.7. The van der Waals surface area contributed by atoms with Gasteiger partial charge in [0.25, 0.3) is 5.91 Å². The Morgan fingerprint density at radius 1 is 1.42 bits per heavy atom. The highest BCUT2D eigenvalue weighted by Crippen LogP contribution is 2.25. The maximum atomic E-state index is 12.3. The van der Waals surface area contributed by atoms with Crippen LogP contribution in [0.5, 0.6) is 0 Å². The molecule has 2 aromatic rings. The van der Waals surface area contributed by atoms with E-state index in [-0.39, 0.29) is 5.91 Å². The lowest BCUT2D eigenvalue weighted by Gasteiger charge is -2.08. The summed E-state index contributed by atoms with van der Waals surface area (Å²) in [5.41, 5.74) is 2.75. The molecule has 0 saturated heterocycles. The normalized spacial score (nSPS) is 10.6. The molecule has 0 aliphatic rings. The first-order chi connectivity index (χ1) is 8.90. The minimum Gasteiger partial charge on any atom is -0.320 e. The van der Waals surface area contributed by atoms with E-state index in [2.05, 4.69) is 33.0 Å². The summed E-state index contributed by atoms with van der Waals surface area (Å²) in [5, 5.41) is 7.59. The SMILES string of the molecule is Cc1nn(C)c(C)c1C(=O)Nc1cc(I)ccc1Cl. The first-order valence-corrected chi connectivity index (χ1v) is 7.12. The van der Waals surface area contributed by atoms with Gasteiger partial charge in [-0.1, -0.05) is 11.6 Å². The molecule has 0 atom stereocenters. The summed E-state index contributed by atoms with van der Waals surface area (Å²) in [6, 6.07) is 5.49. The van der Waals surface area contributed by atoms with Crippen molar-refractivity contribution in [3.05, 3.63) is 43.7 Å². The zero-order chi connectivity index (χ0) is 14.2. The molecule has 1 heterocycles. The molecular weight excluding hydrogens is 377 g/mol. The number of benzene rings is 1. The van der Waals surface area contributed by atoms with E-state index < -0.39 is 0 Å². The molecule has 0 saturated carbocycles. The zero-order valence-electron chi connectivity index (χ0n) is 10.8. The number of hydrogen-bond donors (Lipinski definition) is 1. The molecule has 0 radical (unpaired) electrons. The summed E-state index contributed by atoms with van der Waals surface area (Å²) in [6.45, 7) is 3.68. The summed E-state index contributed by atoms with van der Waals surface area (Å²) < 4.78 is 2.71. The van der Waals surface area contributed by atoms with Gasteiger partial charge in [-0.3, -0.25) is 9.48 Å². The lowest BCUT2D eigenvalue weighted by Crippen LogP contribution is -2.14. The Morgan fingerprint density at radius 2 is 2.11 bits per heavy atom. The summed E-state index contributed by atoms with van der Waals surface area (Å²) in [6.07, 6.45) is 0. The van der Waals surface area contributed by atoms with E-state index in [1.807, 2.05) is 33.0 Å². The van der Waals surface area contributed by atoms with Crippen molar-refractivity contribution < 1.29 is 4.79 Å². The first-order valence-electron chi connectivity index (χ1n) is 5.66. The molecule has 2 rings (SSSR count). The summed E-state index contributed by atoms with van der Waals surface area (Å²) in [5.74, 6) is -0.188. The third-order valence-corrected chi connectivity index (χ3v) is 3.91. The number of nitrogens with one attached hydrogen (secondary N) is 1. The standard InChI is InChI=1S/C13H13ClIN3O/c1-7-12(8(2)18(3)17-7)13(19)16-11-6-9(15)4-5-10(11)14/h4-6H,1-3H3,(H,16,19). The maximum Gasteiger partial charge on any atom is 0.259 e. The van der Waals surface area contributed by atoms with Crippen molar-refractivity contribution in [2.45, 2.75) is 13.8 Å². The van der Waals surface area contributed by atoms with Crippen molar-refractivity contribution in [1.82, 2.24) is 9.78 Å². The van der Waals surface area contributed by atoms with Crippen LogP contribution >= 0.6 is 34.2 Å². The van der Waals surface area contributed by atoms with E-state index in [4.69, 9.17) is 11.6 Å². The molecule has 0 unspecified atom stereocenters. The molecule has 0 aliphatic carbocycles. The van der Waals surface area contributed by atoms with Gasteiger partial charge in [0.05, 0.1) is 22.0 Å². The van der Waals surface area contributed by atoms with Gasteiger partial charge >= 0.3 is 0 Å². The quantitative estimate of drug-likeness (QED) is 0.799. The van der Waals surface area contributed by atoms with Gasteiger partial charge in [-0.05, 0) is 54.6 Å². The van der Waals surface area contributed by atoms with Crippen LogP contribution in [-0.4, -0.2) is 15.7 Å². The Hall–Kier alpha value is -1.08. The minimum atomic E-state index is -0.188. The molecule has 4 nitrogen and oxygen atoms in total. The fourth-order valence-electron chi connectivity index (χ4n) is 1.88. The molecule has 1 aromatic heterocycles. The van der Waals surface area contributed by atoms with Crippen LogP contribution < -0.4 is 5.32 Å². The van der Waals surface area contributed by atoms with Gasteiger partial charge in [-0.2, -0.15) is 5.10 Å². The summed E-state index contributed by atoms with van der Waals surface area (Å²) >= 11 is 8.25. The number of nitrogens with zero attached hydrogens (tertiary/aromatic N) is 2. The van der Waals surface area contributed by atoms with Gasteiger partial charge in [0, 0.05) is 16.3 Å². The number of hydrogen-bond acceptors (Lipinski definition) is 2. The van der Waals surface area contributed by atoms with Gasteiger partial charge in [-0.15, -0.1) is 0 Å². The second-order valence-electron chi connectivity index (χ2n) is 4.25. The van der Waals surface area contributed by atoms with E-state index in [1.54, 1.807) is 10.7 Å². The fraction of sp³-hybridized carbons (Fsp3) is 0.231. The van der Waals surface area contributed by atoms with Crippen molar-refractivity contribution in [2.24, 2.45) is 7.05 Å². The van der Waals surface area contributed by atoms with Crippen molar-refractivity contribution in [2.75, 3.05) is 5.32 Å². The second kappa shape index (κ2) is 5.50. The Labute approximate surface area is 130 Å². The highest BCUT2D eigenvalue weighted by molar-refractivity contribution is 14.1. The maximum absolute atomic E-state index is 12.3. The molecule has 1 N–H and O–H groups in total. The van der Waals surface area contributed by atoms with Crippen LogP contribution in [0.3, 0.4) is 0 Å². The Morgan fingerprint density at radius 3 is 2.68 bits per heavy atom. The van der Waals surface area contributed by atoms with Gasteiger partial charge in [-0.25, -0.2) is 0 Å². The predicted molar refractivity (Wildman–Crippen MR) is 84.8 cm³/mol. The highest BCUT2D eigenvalue weighted by Gasteiger charge is 2.18.